The molecule has 0 spiro atoms. The Morgan fingerprint density at radius 3 is 2.60 bits per heavy atom. The molecule has 7 heteroatoms. The summed E-state index contributed by atoms with van der Waals surface area (Å²) in [5.41, 5.74) is 1.84. The van der Waals surface area contributed by atoms with E-state index >= 15 is 0 Å². The number of hydrogen-bond donors (Lipinski definition) is 2. The number of aromatic hydroxyl groups is 2. The van der Waals surface area contributed by atoms with Crippen LogP contribution >= 0.6 is 11.8 Å². The van der Waals surface area contributed by atoms with Crippen molar-refractivity contribution in [2.75, 3.05) is 0 Å². The molecule has 3 rings (SSSR count). The molecule has 128 valence electrons. The van der Waals surface area contributed by atoms with E-state index < -0.39 is 5.97 Å². The molecule has 0 fully saturated rings. The highest BCUT2D eigenvalue weighted by atomic mass is 32.2. The second-order valence-electron chi connectivity index (χ2n) is 5.35. The second kappa shape index (κ2) is 7.31. The molecule has 1 aromatic carbocycles. The maximum absolute atomic E-state index is 12.1. The summed E-state index contributed by atoms with van der Waals surface area (Å²) in [5, 5.41) is 19.9. The van der Waals surface area contributed by atoms with E-state index in [0.717, 1.165) is 21.0 Å². The van der Waals surface area contributed by atoms with Crippen LogP contribution in [0.2, 0.25) is 0 Å². The largest absolute Gasteiger partial charge is 0.492 e. The average Bonchev–Trinajstić information content (AvgIpc) is 2.91. The van der Waals surface area contributed by atoms with Crippen molar-refractivity contribution in [3.05, 3.63) is 65.9 Å². The molecule has 0 unspecified atom stereocenters. The van der Waals surface area contributed by atoms with Gasteiger partial charge in [0.2, 0.25) is 11.8 Å². The predicted molar refractivity (Wildman–Crippen MR) is 92.6 cm³/mol. The molecular formula is C18H16N2O4S. The first-order valence-corrected chi connectivity index (χ1v) is 8.34. The number of aromatic nitrogens is 2. The Balaban J connectivity index is 1.72. The Morgan fingerprint density at radius 1 is 1.16 bits per heavy atom. The Morgan fingerprint density at radius 2 is 1.92 bits per heavy atom. The molecule has 0 aliphatic heterocycles. The number of carbonyl (C=O) groups excluding carboxylic acids is 1. The molecule has 0 saturated carbocycles. The summed E-state index contributed by atoms with van der Waals surface area (Å²) in [6.45, 7) is 1.99. The van der Waals surface area contributed by atoms with E-state index in [1.54, 1.807) is 6.20 Å². The molecule has 25 heavy (non-hydrogen) atoms. The van der Waals surface area contributed by atoms with Crippen LogP contribution in [0.3, 0.4) is 0 Å². The molecule has 0 aliphatic carbocycles. The minimum atomic E-state index is -0.598. The van der Waals surface area contributed by atoms with Crippen LogP contribution in [0, 0.1) is 6.92 Å². The van der Waals surface area contributed by atoms with Crippen molar-refractivity contribution in [1.82, 2.24) is 9.71 Å². The van der Waals surface area contributed by atoms with Crippen molar-refractivity contribution in [1.29, 1.82) is 0 Å². The normalized spacial score (nSPS) is 10.6. The predicted octanol–water partition coefficient (Wildman–Crippen LogP) is 2.95. The lowest BCUT2D eigenvalue weighted by molar-refractivity contribution is -0.144. The standard InChI is InChI=1S/C18H16N2O4S/c1-12-5-6-13(10-14(12)25-15-4-2-3-9-19-15)11-18(23)24-20-16(21)7-8-17(20)22/h2-10,21-22H,11H2,1H3. The first-order valence-electron chi connectivity index (χ1n) is 7.52. The Labute approximate surface area is 148 Å². The minimum Gasteiger partial charge on any atom is -0.492 e. The molecular weight excluding hydrogens is 340 g/mol. The quantitative estimate of drug-likeness (QED) is 0.731. The molecule has 2 N–H and O–H groups in total. The minimum absolute atomic E-state index is 0.00706. The van der Waals surface area contributed by atoms with Gasteiger partial charge in [0.1, 0.15) is 5.03 Å². The van der Waals surface area contributed by atoms with Gasteiger partial charge in [-0.1, -0.05) is 30.0 Å². The molecule has 0 atom stereocenters. The van der Waals surface area contributed by atoms with E-state index in [1.165, 1.54) is 23.9 Å². The lowest BCUT2D eigenvalue weighted by Gasteiger charge is -2.09. The lowest BCUT2D eigenvalue weighted by atomic mass is 10.1. The Bertz CT molecular complexity index is 874. The van der Waals surface area contributed by atoms with E-state index in [-0.39, 0.29) is 18.2 Å². The van der Waals surface area contributed by atoms with Crippen LogP contribution in [0.4, 0.5) is 0 Å². The number of benzene rings is 1. The monoisotopic (exact) mass is 356 g/mol. The zero-order valence-corrected chi connectivity index (χ0v) is 14.2. The molecule has 0 amide bonds. The van der Waals surface area contributed by atoms with Crippen molar-refractivity contribution in [3.8, 4) is 11.8 Å². The summed E-state index contributed by atoms with van der Waals surface area (Å²) < 4.78 is 0.681. The molecule has 0 saturated heterocycles. The van der Waals surface area contributed by atoms with Gasteiger partial charge in [-0.05, 0) is 36.2 Å². The first kappa shape index (κ1) is 16.9. The van der Waals surface area contributed by atoms with Gasteiger partial charge >= 0.3 is 5.97 Å². The molecule has 0 radical (unpaired) electrons. The second-order valence-corrected chi connectivity index (χ2v) is 6.42. The van der Waals surface area contributed by atoms with Crippen LogP contribution in [0.25, 0.3) is 0 Å². The Kier molecular flexibility index (Phi) is 4.95. The maximum atomic E-state index is 12.1. The van der Waals surface area contributed by atoms with Crippen LogP contribution in [-0.4, -0.2) is 25.9 Å². The molecule has 0 bridgehead atoms. The van der Waals surface area contributed by atoms with E-state index in [1.807, 2.05) is 43.3 Å². The van der Waals surface area contributed by atoms with Gasteiger partial charge in [-0.2, -0.15) is 0 Å². The third-order valence-corrected chi connectivity index (χ3v) is 4.55. The lowest BCUT2D eigenvalue weighted by Crippen LogP contribution is -2.20. The topological polar surface area (TPSA) is 84.6 Å². The van der Waals surface area contributed by atoms with Crippen molar-refractivity contribution >= 4 is 17.7 Å². The third-order valence-electron chi connectivity index (χ3n) is 3.44. The first-order chi connectivity index (χ1) is 12.0. The van der Waals surface area contributed by atoms with Crippen molar-refractivity contribution in [3.63, 3.8) is 0 Å². The van der Waals surface area contributed by atoms with Gasteiger partial charge in [0.15, 0.2) is 0 Å². The molecule has 2 aromatic heterocycles. The van der Waals surface area contributed by atoms with E-state index in [0.29, 0.717) is 4.73 Å². The van der Waals surface area contributed by atoms with Crippen LogP contribution in [0.5, 0.6) is 11.8 Å². The van der Waals surface area contributed by atoms with Crippen molar-refractivity contribution in [2.45, 2.75) is 23.3 Å². The van der Waals surface area contributed by atoms with Gasteiger partial charge in [0.25, 0.3) is 0 Å². The summed E-state index contributed by atoms with van der Waals surface area (Å²) in [7, 11) is 0. The van der Waals surface area contributed by atoms with E-state index in [2.05, 4.69) is 4.98 Å². The van der Waals surface area contributed by atoms with Crippen LogP contribution < -0.4 is 4.84 Å². The number of rotatable bonds is 5. The third kappa shape index (κ3) is 4.13. The van der Waals surface area contributed by atoms with Gasteiger partial charge < -0.3 is 15.1 Å². The zero-order chi connectivity index (χ0) is 17.8. The molecule has 0 aliphatic rings. The highest BCUT2D eigenvalue weighted by molar-refractivity contribution is 7.99. The summed E-state index contributed by atoms with van der Waals surface area (Å²) >= 11 is 1.52. The van der Waals surface area contributed by atoms with Crippen LogP contribution in [0.15, 0.2) is 64.6 Å². The zero-order valence-electron chi connectivity index (χ0n) is 13.4. The summed E-state index contributed by atoms with van der Waals surface area (Å²) in [5.74, 6) is -1.29. The molecule has 3 aromatic rings. The highest BCUT2D eigenvalue weighted by Gasteiger charge is 2.13. The summed E-state index contributed by atoms with van der Waals surface area (Å²) in [6.07, 6.45) is 1.74. The van der Waals surface area contributed by atoms with Crippen LogP contribution in [0.1, 0.15) is 11.1 Å². The SMILES string of the molecule is Cc1ccc(CC(=O)On2c(O)ccc2O)cc1Sc1ccccn1. The Hall–Kier alpha value is -2.93. The fourth-order valence-corrected chi connectivity index (χ4v) is 3.11. The number of aryl methyl sites for hydroxylation is 1. The number of nitrogens with zero attached hydrogens (tertiary/aromatic N) is 2. The average molecular weight is 356 g/mol. The fraction of sp³-hybridized carbons (Fsp3) is 0.111. The van der Waals surface area contributed by atoms with Crippen molar-refractivity contribution < 1.29 is 19.8 Å². The van der Waals surface area contributed by atoms with Gasteiger partial charge in [-0.25, -0.2) is 9.78 Å². The van der Waals surface area contributed by atoms with Gasteiger partial charge in [-0.3, -0.25) is 0 Å². The smallest absolute Gasteiger partial charge is 0.337 e. The maximum Gasteiger partial charge on any atom is 0.337 e. The van der Waals surface area contributed by atoms with Gasteiger partial charge in [-0.15, -0.1) is 4.73 Å². The summed E-state index contributed by atoms with van der Waals surface area (Å²) in [4.78, 5) is 22.3. The van der Waals surface area contributed by atoms with Gasteiger partial charge in [0, 0.05) is 23.2 Å². The number of hydrogen-bond acceptors (Lipinski definition) is 6. The fourth-order valence-electron chi connectivity index (χ4n) is 2.18. The van der Waals surface area contributed by atoms with E-state index in [9.17, 15) is 15.0 Å². The highest BCUT2D eigenvalue weighted by Crippen LogP contribution is 2.29. The number of carbonyl (C=O) groups is 1. The molecule has 2 heterocycles. The molecule has 6 nitrogen and oxygen atoms in total. The van der Waals surface area contributed by atoms with Gasteiger partial charge in [0.05, 0.1) is 6.42 Å². The number of pyridine rings is 1. The summed E-state index contributed by atoms with van der Waals surface area (Å²) in [6, 6.07) is 13.8. The van der Waals surface area contributed by atoms with Crippen LogP contribution in [-0.2, 0) is 11.2 Å². The van der Waals surface area contributed by atoms with E-state index in [4.69, 9.17) is 4.84 Å². The van der Waals surface area contributed by atoms with Crippen molar-refractivity contribution in [2.24, 2.45) is 0 Å².